The molecule has 1 amide bonds. The first-order valence-corrected chi connectivity index (χ1v) is 11.5. The number of hydrogen-bond acceptors (Lipinski definition) is 4. The second-order valence-electron chi connectivity index (χ2n) is 8.34. The lowest BCUT2D eigenvalue weighted by Crippen LogP contribution is -2.40. The molecule has 0 unspecified atom stereocenters. The Kier molecular flexibility index (Phi) is 6.18. The maximum absolute atomic E-state index is 13.5. The van der Waals surface area contributed by atoms with Gasteiger partial charge in [-0.25, -0.2) is 9.36 Å². The number of fused-ring (bicyclic) bond motifs is 1. The highest BCUT2D eigenvalue weighted by atomic mass is 32.1. The Morgan fingerprint density at radius 2 is 1.63 bits per heavy atom. The van der Waals surface area contributed by atoms with Crippen LogP contribution in [0, 0.1) is 27.7 Å². The van der Waals surface area contributed by atoms with Crippen molar-refractivity contribution in [2.75, 3.05) is 5.32 Å². The molecule has 10 heteroatoms. The Balaban J connectivity index is 1.90. The van der Waals surface area contributed by atoms with E-state index < -0.39 is 35.4 Å². The highest BCUT2D eigenvalue weighted by molar-refractivity contribution is 7.18. The second kappa shape index (κ2) is 8.84. The van der Waals surface area contributed by atoms with E-state index >= 15 is 0 Å². The molecular weight excluding hydrogens is 479 g/mol. The van der Waals surface area contributed by atoms with Gasteiger partial charge in [-0.1, -0.05) is 24.3 Å². The number of thiophene rings is 1. The lowest BCUT2D eigenvalue weighted by Gasteiger charge is -2.15. The minimum Gasteiger partial charge on any atom is -0.324 e. The zero-order valence-electron chi connectivity index (χ0n) is 19.4. The first kappa shape index (κ1) is 24.5. The van der Waals surface area contributed by atoms with E-state index in [-0.39, 0.29) is 11.1 Å². The molecule has 0 aliphatic heterocycles. The molecule has 0 radical (unpaired) electrons. The van der Waals surface area contributed by atoms with Crippen LogP contribution in [0.15, 0.2) is 52.1 Å². The average Bonchev–Trinajstić information content (AvgIpc) is 3.08. The number of aromatic nitrogens is 2. The highest BCUT2D eigenvalue weighted by Crippen LogP contribution is 2.31. The number of rotatable bonds is 4. The zero-order chi connectivity index (χ0) is 25.7. The maximum Gasteiger partial charge on any atom is 0.416 e. The molecule has 1 N–H and O–H groups in total. The van der Waals surface area contributed by atoms with Crippen LogP contribution in [-0.2, 0) is 17.5 Å². The van der Waals surface area contributed by atoms with E-state index in [4.69, 9.17) is 0 Å². The van der Waals surface area contributed by atoms with Crippen LogP contribution >= 0.6 is 11.3 Å². The lowest BCUT2D eigenvalue weighted by molar-refractivity contribution is -0.137. The number of alkyl halides is 3. The van der Waals surface area contributed by atoms with E-state index in [1.54, 1.807) is 13.8 Å². The minimum atomic E-state index is -4.65. The van der Waals surface area contributed by atoms with Crippen molar-refractivity contribution in [2.24, 2.45) is 0 Å². The summed E-state index contributed by atoms with van der Waals surface area (Å²) in [6.07, 6.45) is -4.65. The molecule has 2 aromatic heterocycles. The first-order chi connectivity index (χ1) is 16.4. The van der Waals surface area contributed by atoms with Gasteiger partial charge in [0.2, 0.25) is 5.91 Å². The number of anilines is 1. The van der Waals surface area contributed by atoms with Crippen LogP contribution in [0.25, 0.3) is 15.9 Å². The van der Waals surface area contributed by atoms with Gasteiger partial charge in [-0.2, -0.15) is 13.2 Å². The number of hydrogen-bond donors (Lipinski definition) is 1. The molecule has 0 aliphatic rings. The van der Waals surface area contributed by atoms with E-state index in [2.05, 4.69) is 5.32 Å². The molecule has 2 heterocycles. The van der Waals surface area contributed by atoms with Crippen molar-refractivity contribution in [3.8, 4) is 5.69 Å². The summed E-state index contributed by atoms with van der Waals surface area (Å²) in [6.45, 7) is 6.75. The van der Waals surface area contributed by atoms with Gasteiger partial charge in [-0.05, 0) is 62.6 Å². The third kappa shape index (κ3) is 4.41. The topological polar surface area (TPSA) is 73.1 Å². The number of benzene rings is 2. The molecule has 182 valence electrons. The van der Waals surface area contributed by atoms with Gasteiger partial charge in [0.15, 0.2) is 0 Å². The van der Waals surface area contributed by atoms with Crippen LogP contribution in [0.1, 0.15) is 27.1 Å². The Hall–Kier alpha value is -3.66. The van der Waals surface area contributed by atoms with Crippen LogP contribution in [0.2, 0.25) is 0 Å². The smallest absolute Gasteiger partial charge is 0.324 e. The molecule has 0 spiro atoms. The molecule has 0 saturated heterocycles. The summed E-state index contributed by atoms with van der Waals surface area (Å²) < 4.78 is 41.8. The van der Waals surface area contributed by atoms with Crippen LogP contribution in [-0.4, -0.2) is 15.0 Å². The van der Waals surface area contributed by atoms with Crippen molar-refractivity contribution in [3.63, 3.8) is 0 Å². The van der Waals surface area contributed by atoms with Crippen molar-refractivity contribution in [1.29, 1.82) is 0 Å². The van der Waals surface area contributed by atoms with Gasteiger partial charge in [-0.3, -0.25) is 14.2 Å². The van der Waals surface area contributed by atoms with Crippen molar-refractivity contribution in [1.82, 2.24) is 9.13 Å². The molecule has 0 fully saturated rings. The zero-order valence-corrected chi connectivity index (χ0v) is 20.2. The Morgan fingerprint density at radius 3 is 2.26 bits per heavy atom. The van der Waals surface area contributed by atoms with Crippen molar-refractivity contribution < 1.29 is 18.0 Å². The fourth-order valence-corrected chi connectivity index (χ4v) is 5.12. The average molecular weight is 502 g/mol. The summed E-state index contributed by atoms with van der Waals surface area (Å²) >= 11 is 1.19. The number of aryl methyl sites for hydroxylation is 4. The standard InChI is InChI=1S/C25H22F3N3O3S/c1-13-7-5-8-14(2)21(13)29-19(32)12-30-23-20(15(3)16(4)35-23)22(33)31(24(30)34)18-10-6-9-17(11-18)25(26,27)28/h5-11H,12H2,1-4H3,(H,29,32). The van der Waals surface area contributed by atoms with E-state index in [0.29, 0.717) is 20.6 Å². The SMILES string of the molecule is Cc1cccc(C)c1NC(=O)Cn1c(=O)n(-c2cccc(C(F)(F)F)c2)c(=O)c2c(C)c(C)sc21. The fourth-order valence-electron chi connectivity index (χ4n) is 3.98. The van der Waals surface area contributed by atoms with Crippen LogP contribution in [0.4, 0.5) is 18.9 Å². The van der Waals surface area contributed by atoms with Gasteiger partial charge in [0.1, 0.15) is 11.4 Å². The molecule has 4 aromatic rings. The van der Waals surface area contributed by atoms with E-state index in [1.165, 1.54) is 17.4 Å². The van der Waals surface area contributed by atoms with E-state index in [9.17, 15) is 27.6 Å². The van der Waals surface area contributed by atoms with Crippen molar-refractivity contribution in [3.05, 3.63) is 90.4 Å². The largest absolute Gasteiger partial charge is 0.416 e. The number of para-hydroxylation sites is 1. The first-order valence-electron chi connectivity index (χ1n) is 10.7. The third-order valence-corrected chi connectivity index (χ3v) is 7.16. The quantitative estimate of drug-likeness (QED) is 0.423. The molecule has 35 heavy (non-hydrogen) atoms. The van der Waals surface area contributed by atoms with Crippen LogP contribution in [0.3, 0.4) is 0 Å². The predicted molar refractivity (Wildman–Crippen MR) is 131 cm³/mol. The van der Waals surface area contributed by atoms with Gasteiger partial charge in [-0.15, -0.1) is 11.3 Å². The monoisotopic (exact) mass is 501 g/mol. The molecule has 0 saturated carbocycles. The lowest BCUT2D eigenvalue weighted by atomic mass is 10.1. The Morgan fingerprint density at radius 1 is 1.00 bits per heavy atom. The summed E-state index contributed by atoms with van der Waals surface area (Å²) in [6, 6.07) is 9.56. The highest BCUT2D eigenvalue weighted by Gasteiger charge is 2.31. The molecule has 2 aromatic carbocycles. The molecule has 0 atom stereocenters. The molecule has 4 rings (SSSR count). The second-order valence-corrected chi connectivity index (χ2v) is 9.54. The Labute approximate surface area is 202 Å². The van der Waals surface area contributed by atoms with E-state index in [0.717, 1.165) is 38.8 Å². The Bertz CT molecular complexity index is 1580. The maximum atomic E-state index is 13.5. The van der Waals surface area contributed by atoms with Crippen LogP contribution in [0.5, 0.6) is 0 Å². The number of carbonyl (C=O) groups excluding carboxylic acids is 1. The molecular formula is C25H22F3N3O3S. The number of halogens is 3. The van der Waals surface area contributed by atoms with Gasteiger partial charge in [0.05, 0.1) is 16.6 Å². The fraction of sp³-hybridized carbons (Fsp3) is 0.240. The minimum absolute atomic E-state index is 0.199. The summed E-state index contributed by atoms with van der Waals surface area (Å²) in [5, 5.41) is 3.01. The number of amides is 1. The predicted octanol–water partition coefficient (Wildman–Crippen LogP) is 5.11. The number of nitrogens with zero attached hydrogens (tertiary/aromatic N) is 2. The number of carbonyl (C=O) groups is 1. The molecule has 0 bridgehead atoms. The summed E-state index contributed by atoms with van der Waals surface area (Å²) in [4.78, 5) is 40.9. The summed E-state index contributed by atoms with van der Waals surface area (Å²) in [5.41, 5.74) is 0.0893. The van der Waals surface area contributed by atoms with Gasteiger partial charge >= 0.3 is 11.9 Å². The molecule has 0 aliphatic carbocycles. The molecule has 6 nitrogen and oxygen atoms in total. The van der Waals surface area contributed by atoms with Crippen molar-refractivity contribution in [2.45, 2.75) is 40.4 Å². The van der Waals surface area contributed by atoms with Gasteiger partial charge in [0.25, 0.3) is 5.56 Å². The van der Waals surface area contributed by atoms with E-state index in [1.807, 2.05) is 32.0 Å². The normalized spacial score (nSPS) is 11.7. The van der Waals surface area contributed by atoms with Gasteiger partial charge in [0, 0.05) is 10.6 Å². The summed E-state index contributed by atoms with van der Waals surface area (Å²) in [5.74, 6) is -0.497. The third-order valence-electron chi connectivity index (χ3n) is 5.93. The van der Waals surface area contributed by atoms with Gasteiger partial charge < -0.3 is 5.32 Å². The number of nitrogens with one attached hydrogen (secondary N) is 1. The van der Waals surface area contributed by atoms with Crippen molar-refractivity contribution >= 4 is 33.1 Å². The summed E-state index contributed by atoms with van der Waals surface area (Å²) in [7, 11) is 0. The van der Waals surface area contributed by atoms with Crippen LogP contribution < -0.4 is 16.6 Å².